The standard InChI is InChI=1S/C16H23NO2/c1-11(8-10-17)13-6-7-14-15(19-12(2)18)5-4-9-16(13,14)3/h6,11,14-15H,4-5,7-9H2,1-3H3/t11-,14?,15-,16+/m0/s1. The van der Waals surface area contributed by atoms with Crippen molar-refractivity contribution in [1.29, 1.82) is 5.26 Å². The van der Waals surface area contributed by atoms with Crippen LogP contribution in [0.25, 0.3) is 0 Å². The lowest BCUT2D eigenvalue weighted by Gasteiger charge is -2.44. The van der Waals surface area contributed by atoms with Gasteiger partial charge in [0.15, 0.2) is 0 Å². The van der Waals surface area contributed by atoms with Crippen molar-refractivity contribution < 1.29 is 9.53 Å². The smallest absolute Gasteiger partial charge is 0.302 e. The van der Waals surface area contributed by atoms with Crippen LogP contribution in [-0.2, 0) is 9.53 Å². The number of nitrogens with zero attached hydrogens (tertiary/aromatic N) is 1. The van der Waals surface area contributed by atoms with Crippen LogP contribution in [0.15, 0.2) is 11.6 Å². The number of fused-ring (bicyclic) bond motifs is 1. The molecule has 19 heavy (non-hydrogen) atoms. The summed E-state index contributed by atoms with van der Waals surface area (Å²) in [5, 5.41) is 8.90. The fourth-order valence-electron chi connectivity index (χ4n) is 4.09. The van der Waals surface area contributed by atoms with Gasteiger partial charge in [0.2, 0.25) is 0 Å². The van der Waals surface area contributed by atoms with E-state index < -0.39 is 0 Å². The highest BCUT2D eigenvalue weighted by Crippen LogP contribution is 2.55. The van der Waals surface area contributed by atoms with Gasteiger partial charge in [0.25, 0.3) is 0 Å². The molecule has 0 saturated heterocycles. The summed E-state index contributed by atoms with van der Waals surface area (Å²) in [6.45, 7) is 5.92. The van der Waals surface area contributed by atoms with E-state index in [1.807, 2.05) is 0 Å². The first-order chi connectivity index (χ1) is 8.99. The van der Waals surface area contributed by atoms with E-state index in [0.717, 1.165) is 25.7 Å². The van der Waals surface area contributed by atoms with E-state index in [1.54, 1.807) is 0 Å². The molecule has 0 aromatic carbocycles. The molecule has 0 aromatic rings. The minimum absolute atomic E-state index is 0.0549. The number of hydrogen-bond donors (Lipinski definition) is 0. The van der Waals surface area contributed by atoms with Gasteiger partial charge >= 0.3 is 5.97 Å². The molecule has 0 amide bonds. The van der Waals surface area contributed by atoms with Gasteiger partial charge < -0.3 is 4.74 Å². The first-order valence-electron chi connectivity index (χ1n) is 7.23. The molecule has 0 radical (unpaired) electrons. The number of rotatable bonds is 3. The van der Waals surface area contributed by atoms with Crippen molar-refractivity contribution in [2.45, 2.75) is 59.0 Å². The zero-order chi connectivity index (χ0) is 14.0. The van der Waals surface area contributed by atoms with Gasteiger partial charge in [-0.1, -0.05) is 25.5 Å². The number of hydrogen-bond acceptors (Lipinski definition) is 3. The summed E-state index contributed by atoms with van der Waals surface area (Å²) in [4.78, 5) is 11.2. The summed E-state index contributed by atoms with van der Waals surface area (Å²) in [5.41, 5.74) is 1.53. The number of carbonyl (C=O) groups is 1. The van der Waals surface area contributed by atoms with Gasteiger partial charge in [-0.15, -0.1) is 0 Å². The van der Waals surface area contributed by atoms with Crippen molar-refractivity contribution in [2.75, 3.05) is 0 Å². The molecule has 0 bridgehead atoms. The predicted molar refractivity (Wildman–Crippen MR) is 73.1 cm³/mol. The van der Waals surface area contributed by atoms with Gasteiger partial charge in [-0.2, -0.15) is 5.26 Å². The van der Waals surface area contributed by atoms with Gasteiger partial charge in [0, 0.05) is 19.3 Å². The second kappa shape index (κ2) is 5.36. The summed E-state index contributed by atoms with van der Waals surface area (Å²) in [5.74, 6) is 0.546. The Morgan fingerprint density at radius 3 is 3.05 bits per heavy atom. The van der Waals surface area contributed by atoms with Crippen LogP contribution in [0.4, 0.5) is 0 Å². The molecule has 3 heteroatoms. The van der Waals surface area contributed by atoms with Gasteiger partial charge in [0.1, 0.15) is 6.10 Å². The van der Waals surface area contributed by atoms with Crippen LogP contribution in [0.2, 0.25) is 0 Å². The van der Waals surface area contributed by atoms with Crippen molar-refractivity contribution in [3.05, 3.63) is 11.6 Å². The Hall–Kier alpha value is -1.30. The SMILES string of the molecule is CC(=O)O[C@H]1CCC[C@]2(C)C([C@@H](C)CC#N)=CCC12. The summed E-state index contributed by atoms with van der Waals surface area (Å²) < 4.78 is 5.52. The average molecular weight is 261 g/mol. The molecular weight excluding hydrogens is 238 g/mol. The molecule has 4 atom stereocenters. The number of allylic oxidation sites excluding steroid dienone is 2. The third-order valence-corrected chi connectivity index (χ3v) is 4.95. The minimum atomic E-state index is -0.173. The van der Waals surface area contributed by atoms with Crippen LogP contribution in [-0.4, -0.2) is 12.1 Å². The monoisotopic (exact) mass is 261 g/mol. The van der Waals surface area contributed by atoms with Crippen LogP contribution in [0.1, 0.15) is 52.9 Å². The van der Waals surface area contributed by atoms with Crippen molar-refractivity contribution in [3.8, 4) is 6.07 Å². The van der Waals surface area contributed by atoms with Gasteiger partial charge in [-0.3, -0.25) is 4.79 Å². The molecule has 1 saturated carbocycles. The van der Waals surface area contributed by atoms with Crippen molar-refractivity contribution in [1.82, 2.24) is 0 Å². The molecule has 0 aliphatic heterocycles. The first kappa shape index (κ1) is 14.1. The topological polar surface area (TPSA) is 50.1 Å². The van der Waals surface area contributed by atoms with E-state index in [1.165, 1.54) is 12.5 Å². The maximum Gasteiger partial charge on any atom is 0.302 e. The highest BCUT2D eigenvalue weighted by molar-refractivity contribution is 5.66. The Balaban J connectivity index is 2.17. The molecule has 3 nitrogen and oxygen atoms in total. The second-order valence-corrected chi connectivity index (χ2v) is 6.22. The van der Waals surface area contributed by atoms with Gasteiger partial charge in [-0.25, -0.2) is 0 Å². The van der Waals surface area contributed by atoms with Gasteiger partial charge in [0.05, 0.1) is 6.07 Å². The number of ether oxygens (including phenoxy) is 1. The zero-order valence-electron chi connectivity index (χ0n) is 12.1. The molecule has 2 aliphatic carbocycles. The maximum atomic E-state index is 11.2. The summed E-state index contributed by atoms with van der Waals surface area (Å²) in [7, 11) is 0. The second-order valence-electron chi connectivity index (χ2n) is 6.22. The van der Waals surface area contributed by atoms with Crippen molar-refractivity contribution in [3.63, 3.8) is 0 Å². The number of carbonyl (C=O) groups excluding carboxylic acids is 1. The quantitative estimate of drug-likeness (QED) is 0.576. The van der Waals surface area contributed by atoms with E-state index in [9.17, 15) is 4.79 Å². The van der Waals surface area contributed by atoms with Crippen LogP contribution in [0, 0.1) is 28.6 Å². The molecule has 0 heterocycles. The van der Waals surface area contributed by atoms with E-state index in [0.29, 0.717) is 18.3 Å². The summed E-state index contributed by atoms with van der Waals surface area (Å²) in [6, 6.07) is 2.27. The molecule has 104 valence electrons. The molecule has 1 unspecified atom stereocenters. The Morgan fingerprint density at radius 2 is 2.42 bits per heavy atom. The normalized spacial score (nSPS) is 34.9. The Kier molecular flexibility index (Phi) is 3.99. The highest BCUT2D eigenvalue weighted by Gasteiger charge is 2.49. The molecule has 1 fully saturated rings. The van der Waals surface area contributed by atoms with Crippen LogP contribution < -0.4 is 0 Å². The minimum Gasteiger partial charge on any atom is -0.462 e. The Morgan fingerprint density at radius 1 is 1.68 bits per heavy atom. The lowest BCUT2D eigenvalue weighted by atomic mass is 9.63. The highest BCUT2D eigenvalue weighted by atomic mass is 16.5. The van der Waals surface area contributed by atoms with E-state index in [2.05, 4.69) is 26.0 Å². The lowest BCUT2D eigenvalue weighted by molar-refractivity contribution is -0.153. The van der Waals surface area contributed by atoms with Crippen molar-refractivity contribution in [2.24, 2.45) is 17.3 Å². The lowest BCUT2D eigenvalue weighted by Crippen LogP contribution is -2.41. The molecule has 2 rings (SSSR count). The van der Waals surface area contributed by atoms with Crippen molar-refractivity contribution >= 4 is 5.97 Å². The maximum absolute atomic E-state index is 11.2. The summed E-state index contributed by atoms with van der Waals surface area (Å²) in [6.07, 6.45) is 7.14. The third-order valence-electron chi connectivity index (χ3n) is 4.95. The molecule has 0 N–H and O–H groups in total. The fourth-order valence-corrected chi connectivity index (χ4v) is 4.09. The zero-order valence-corrected chi connectivity index (χ0v) is 12.1. The van der Waals surface area contributed by atoms with Crippen LogP contribution >= 0.6 is 0 Å². The van der Waals surface area contributed by atoms with E-state index in [-0.39, 0.29) is 17.5 Å². The average Bonchev–Trinajstić information content (AvgIpc) is 2.67. The Labute approximate surface area is 115 Å². The summed E-state index contributed by atoms with van der Waals surface area (Å²) >= 11 is 0. The molecule has 0 aromatic heterocycles. The van der Waals surface area contributed by atoms with E-state index >= 15 is 0 Å². The predicted octanol–water partition coefficient (Wildman–Crippen LogP) is 3.60. The van der Waals surface area contributed by atoms with Gasteiger partial charge in [-0.05, 0) is 37.0 Å². The van der Waals surface area contributed by atoms with E-state index in [4.69, 9.17) is 10.00 Å². The number of esters is 1. The fraction of sp³-hybridized carbons (Fsp3) is 0.750. The Bertz CT molecular complexity index is 435. The third kappa shape index (κ3) is 2.54. The van der Waals surface area contributed by atoms with Crippen LogP contribution in [0.5, 0.6) is 0 Å². The molecule has 0 spiro atoms. The number of nitriles is 1. The largest absolute Gasteiger partial charge is 0.462 e. The first-order valence-corrected chi connectivity index (χ1v) is 7.23. The molecular formula is C16H23NO2. The molecule has 2 aliphatic rings. The van der Waals surface area contributed by atoms with Crippen LogP contribution in [0.3, 0.4) is 0 Å².